The summed E-state index contributed by atoms with van der Waals surface area (Å²) in [6.07, 6.45) is 0.741. The van der Waals surface area contributed by atoms with Crippen LogP contribution in [0.4, 0.5) is 13.2 Å². The second kappa shape index (κ2) is 10.8. The summed E-state index contributed by atoms with van der Waals surface area (Å²) in [5.41, 5.74) is 2.20. The van der Waals surface area contributed by atoms with Crippen LogP contribution in [-0.4, -0.2) is 44.9 Å². The molecule has 10 heteroatoms. The molecule has 2 heterocycles. The largest absolute Gasteiger partial charge is 0.481 e. The summed E-state index contributed by atoms with van der Waals surface area (Å²) < 4.78 is 39.1. The number of allylic oxidation sites excluding steroid dienone is 1. The third-order valence-corrected chi connectivity index (χ3v) is 6.78. The van der Waals surface area contributed by atoms with Crippen molar-refractivity contribution in [3.8, 4) is 11.4 Å². The number of hydrogen-bond donors (Lipinski definition) is 2. The van der Waals surface area contributed by atoms with Crippen LogP contribution in [-0.2, 0) is 11.0 Å². The number of aliphatic imine (C=N–C) groups is 1. The molecule has 1 aliphatic rings. The lowest BCUT2D eigenvalue weighted by atomic mass is 9.93. The fourth-order valence-corrected chi connectivity index (χ4v) is 4.65. The van der Waals surface area contributed by atoms with E-state index in [0.29, 0.717) is 21.9 Å². The Labute approximate surface area is 217 Å². The van der Waals surface area contributed by atoms with E-state index in [1.54, 1.807) is 24.4 Å². The third kappa shape index (κ3) is 6.22. The van der Waals surface area contributed by atoms with Gasteiger partial charge in [-0.2, -0.15) is 13.2 Å². The number of aromatic nitrogens is 2. The van der Waals surface area contributed by atoms with E-state index in [9.17, 15) is 18.0 Å². The Bertz CT molecular complexity index is 1390. The number of halogens is 4. The first-order valence-electron chi connectivity index (χ1n) is 11.8. The number of amidine groups is 1. The Hall–Kier alpha value is -3.59. The van der Waals surface area contributed by atoms with Gasteiger partial charge in [-0.15, -0.1) is 0 Å². The van der Waals surface area contributed by atoms with Crippen LogP contribution in [0.1, 0.15) is 37.3 Å². The number of H-pyrrole nitrogens is 1. The maximum Gasteiger partial charge on any atom is 0.416 e. The molecule has 0 amide bonds. The van der Waals surface area contributed by atoms with E-state index < -0.39 is 17.7 Å². The van der Waals surface area contributed by atoms with Gasteiger partial charge in [0.2, 0.25) is 0 Å². The summed E-state index contributed by atoms with van der Waals surface area (Å²) in [4.78, 5) is 25.0. The zero-order valence-corrected chi connectivity index (χ0v) is 20.9. The highest BCUT2D eigenvalue weighted by atomic mass is 35.5. The SMILES string of the molecule is C=CC(=N/C=C(\C)c1ccc(-c2nc3ccc(C(F)(F)F)cc3[nH]2)c(Cl)c1)N1CCC(CC(=O)O)CC1. The predicted molar refractivity (Wildman–Crippen MR) is 139 cm³/mol. The van der Waals surface area contributed by atoms with Crippen molar-refractivity contribution in [3.63, 3.8) is 0 Å². The number of hydrogen-bond acceptors (Lipinski definition) is 3. The molecule has 1 fully saturated rings. The Balaban J connectivity index is 1.51. The summed E-state index contributed by atoms with van der Waals surface area (Å²) in [6.45, 7) is 7.20. The number of aromatic amines is 1. The zero-order valence-electron chi connectivity index (χ0n) is 20.1. The van der Waals surface area contributed by atoms with Crippen LogP contribution in [0.15, 0.2) is 60.2 Å². The molecule has 2 N–H and O–H groups in total. The average Bonchev–Trinajstić information content (AvgIpc) is 3.27. The fraction of sp³-hybridized carbons (Fsp3) is 0.296. The molecule has 1 aliphatic heterocycles. The second-order valence-corrected chi connectivity index (χ2v) is 9.45. The molecule has 0 bridgehead atoms. The van der Waals surface area contributed by atoms with Gasteiger partial charge in [-0.1, -0.05) is 24.2 Å². The molecular formula is C27H26ClF3N4O2. The van der Waals surface area contributed by atoms with Crippen LogP contribution in [0, 0.1) is 5.92 Å². The first-order chi connectivity index (χ1) is 17.5. The highest BCUT2D eigenvalue weighted by Crippen LogP contribution is 2.34. The van der Waals surface area contributed by atoms with Crippen molar-refractivity contribution in [1.29, 1.82) is 0 Å². The molecule has 1 saturated heterocycles. The quantitative estimate of drug-likeness (QED) is 0.265. The van der Waals surface area contributed by atoms with Crippen molar-refractivity contribution < 1.29 is 23.1 Å². The Kier molecular flexibility index (Phi) is 7.73. The lowest BCUT2D eigenvalue weighted by molar-refractivity contribution is -0.139. The molecule has 6 nitrogen and oxygen atoms in total. The van der Waals surface area contributed by atoms with Gasteiger partial charge in [-0.05, 0) is 73.2 Å². The Morgan fingerprint density at radius 2 is 2.00 bits per heavy atom. The monoisotopic (exact) mass is 530 g/mol. The number of likely N-dealkylation sites (tertiary alicyclic amines) is 1. The summed E-state index contributed by atoms with van der Waals surface area (Å²) in [7, 11) is 0. The number of carboxylic acids is 1. The number of rotatable bonds is 6. The van der Waals surface area contributed by atoms with Crippen LogP contribution >= 0.6 is 11.6 Å². The Morgan fingerprint density at radius 1 is 1.27 bits per heavy atom. The number of aliphatic carboxylic acids is 1. The first-order valence-corrected chi connectivity index (χ1v) is 12.1. The van der Waals surface area contributed by atoms with E-state index in [4.69, 9.17) is 16.7 Å². The molecule has 0 radical (unpaired) electrons. The first kappa shape index (κ1) is 26.5. The molecular weight excluding hydrogens is 505 g/mol. The molecule has 4 rings (SSSR count). The van der Waals surface area contributed by atoms with Gasteiger partial charge in [0, 0.05) is 31.3 Å². The molecule has 194 valence electrons. The normalized spacial score (nSPS) is 15.9. The van der Waals surface area contributed by atoms with Crippen molar-refractivity contribution in [2.24, 2.45) is 10.9 Å². The molecule has 0 aliphatic carbocycles. The number of carboxylic acid groups (broad SMARTS) is 1. The van der Waals surface area contributed by atoms with Crippen molar-refractivity contribution in [3.05, 3.63) is 71.4 Å². The van der Waals surface area contributed by atoms with Gasteiger partial charge in [0.05, 0.1) is 21.6 Å². The lowest BCUT2D eigenvalue weighted by Crippen LogP contribution is -2.38. The van der Waals surface area contributed by atoms with Crippen molar-refractivity contribution in [2.45, 2.75) is 32.4 Å². The van der Waals surface area contributed by atoms with E-state index in [1.807, 2.05) is 13.0 Å². The summed E-state index contributed by atoms with van der Waals surface area (Å²) in [5, 5.41) is 9.40. The second-order valence-electron chi connectivity index (χ2n) is 9.04. The number of piperidine rings is 1. The van der Waals surface area contributed by atoms with E-state index in [0.717, 1.165) is 55.0 Å². The smallest absolute Gasteiger partial charge is 0.416 e. The van der Waals surface area contributed by atoms with Gasteiger partial charge in [0.25, 0.3) is 0 Å². The number of alkyl halides is 3. The zero-order chi connectivity index (χ0) is 26.7. The van der Waals surface area contributed by atoms with E-state index in [-0.39, 0.29) is 17.9 Å². The van der Waals surface area contributed by atoms with Gasteiger partial charge in [0.15, 0.2) is 0 Å². The van der Waals surface area contributed by atoms with E-state index in [2.05, 4.69) is 26.4 Å². The third-order valence-electron chi connectivity index (χ3n) is 6.46. The predicted octanol–water partition coefficient (Wildman–Crippen LogP) is 7.03. The van der Waals surface area contributed by atoms with Gasteiger partial charge in [-0.3, -0.25) is 4.79 Å². The van der Waals surface area contributed by atoms with Crippen LogP contribution < -0.4 is 0 Å². The standard InChI is InChI=1S/C27H26ClF3N4O2/c1-3-24(35-10-8-17(9-11-35)12-25(36)37)32-15-16(2)18-4-6-20(21(28)13-18)26-33-22-7-5-19(27(29,30)31)14-23(22)34-26/h3-7,13-15,17H,1,8-12H2,2H3,(H,33,34)(H,36,37)/b16-15+,32-24?. The molecule has 0 atom stereocenters. The number of benzene rings is 2. The summed E-state index contributed by atoms with van der Waals surface area (Å²) >= 11 is 6.53. The van der Waals surface area contributed by atoms with Gasteiger partial charge >= 0.3 is 12.1 Å². The maximum atomic E-state index is 13.0. The number of imidazole rings is 1. The highest BCUT2D eigenvalue weighted by Gasteiger charge is 2.30. The van der Waals surface area contributed by atoms with Crippen LogP contribution in [0.5, 0.6) is 0 Å². The minimum Gasteiger partial charge on any atom is -0.481 e. The molecule has 2 aromatic carbocycles. The lowest BCUT2D eigenvalue weighted by Gasteiger charge is -2.32. The number of carbonyl (C=O) groups is 1. The summed E-state index contributed by atoms with van der Waals surface area (Å²) in [6, 6.07) is 8.74. The fourth-order valence-electron chi connectivity index (χ4n) is 4.38. The average molecular weight is 531 g/mol. The number of nitrogens with one attached hydrogen (secondary N) is 1. The topological polar surface area (TPSA) is 81.6 Å². The van der Waals surface area contributed by atoms with E-state index in [1.165, 1.54) is 6.07 Å². The minimum absolute atomic E-state index is 0.177. The summed E-state index contributed by atoms with van der Waals surface area (Å²) in [5.74, 6) is 0.508. The van der Waals surface area contributed by atoms with Crippen molar-refractivity contribution >= 4 is 40.0 Å². The van der Waals surface area contributed by atoms with Crippen molar-refractivity contribution in [1.82, 2.24) is 14.9 Å². The molecule has 0 spiro atoms. The van der Waals surface area contributed by atoms with Crippen LogP contribution in [0.2, 0.25) is 5.02 Å². The maximum absolute atomic E-state index is 13.0. The molecule has 37 heavy (non-hydrogen) atoms. The van der Waals surface area contributed by atoms with Crippen LogP contribution in [0.3, 0.4) is 0 Å². The highest BCUT2D eigenvalue weighted by molar-refractivity contribution is 6.33. The number of nitrogens with zero attached hydrogens (tertiary/aromatic N) is 3. The van der Waals surface area contributed by atoms with Gasteiger partial charge in [0.1, 0.15) is 11.7 Å². The van der Waals surface area contributed by atoms with Crippen molar-refractivity contribution in [2.75, 3.05) is 13.1 Å². The minimum atomic E-state index is -4.44. The van der Waals surface area contributed by atoms with E-state index >= 15 is 0 Å². The number of fused-ring (bicyclic) bond motifs is 1. The van der Waals surface area contributed by atoms with Crippen LogP contribution in [0.25, 0.3) is 28.0 Å². The molecule has 0 unspecified atom stereocenters. The molecule has 1 aromatic heterocycles. The van der Waals surface area contributed by atoms with Gasteiger partial charge in [-0.25, -0.2) is 9.98 Å². The van der Waals surface area contributed by atoms with Gasteiger partial charge < -0.3 is 15.0 Å². The Morgan fingerprint density at radius 3 is 2.62 bits per heavy atom. The molecule has 0 saturated carbocycles. The molecule has 3 aromatic rings.